The summed E-state index contributed by atoms with van der Waals surface area (Å²) in [6, 6.07) is 9.08. The molecule has 0 N–H and O–H groups in total. The molecule has 4 nitrogen and oxygen atoms in total. The van der Waals surface area contributed by atoms with Gasteiger partial charge in [0.2, 0.25) is 0 Å². The van der Waals surface area contributed by atoms with Crippen molar-refractivity contribution in [1.82, 2.24) is 4.90 Å². The van der Waals surface area contributed by atoms with Gasteiger partial charge in [0.15, 0.2) is 0 Å². The van der Waals surface area contributed by atoms with E-state index < -0.39 is 6.09 Å². The largest absolute Gasteiger partial charge is 0.446 e. The van der Waals surface area contributed by atoms with E-state index >= 15 is 0 Å². The van der Waals surface area contributed by atoms with Crippen molar-refractivity contribution in [3.8, 4) is 0 Å². The minimum atomic E-state index is -0.577. The third-order valence-electron chi connectivity index (χ3n) is 2.71. The SMILES string of the molecule is CC(C)=CC(=O)N1C(=O)OC[C@H]1c1ccccc1. The molecule has 0 spiro atoms. The molecule has 1 aliphatic heterocycles. The topological polar surface area (TPSA) is 46.6 Å². The second-order valence-corrected chi connectivity index (χ2v) is 4.43. The van der Waals surface area contributed by atoms with Gasteiger partial charge in [0.25, 0.3) is 5.91 Å². The standard InChI is InChI=1S/C14H15NO3/c1-10(2)8-13(16)15-12(9-18-14(15)17)11-6-4-3-5-7-11/h3-8,12H,9H2,1-2H3/t12-/m0/s1. The molecule has 0 saturated carbocycles. The van der Waals surface area contributed by atoms with E-state index in [9.17, 15) is 9.59 Å². The number of cyclic esters (lactones) is 1. The molecule has 0 aromatic heterocycles. The van der Waals surface area contributed by atoms with Crippen LogP contribution in [0.4, 0.5) is 4.79 Å². The highest BCUT2D eigenvalue weighted by Crippen LogP contribution is 2.27. The van der Waals surface area contributed by atoms with Crippen LogP contribution in [0, 0.1) is 0 Å². The summed E-state index contributed by atoms with van der Waals surface area (Å²) in [5.41, 5.74) is 1.75. The van der Waals surface area contributed by atoms with Gasteiger partial charge in [0.1, 0.15) is 12.6 Å². The molecular weight excluding hydrogens is 230 g/mol. The lowest BCUT2D eigenvalue weighted by molar-refractivity contribution is -0.124. The van der Waals surface area contributed by atoms with E-state index in [1.807, 2.05) is 44.2 Å². The van der Waals surface area contributed by atoms with Crippen molar-refractivity contribution in [2.24, 2.45) is 0 Å². The smallest absolute Gasteiger partial charge is 0.417 e. The number of carbonyl (C=O) groups excluding carboxylic acids is 2. The number of allylic oxidation sites excluding steroid dienone is 1. The molecule has 18 heavy (non-hydrogen) atoms. The van der Waals surface area contributed by atoms with E-state index in [0.29, 0.717) is 0 Å². The third-order valence-corrected chi connectivity index (χ3v) is 2.71. The maximum absolute atomic E-state index is 12.0. The lowest BCUT2D eigenvalue weighted by Crippen LogP contribution is -2.33. The number of carbonyl (C=O) groups is 2. The average Bonchev–Trinajstić information content (AvgIpc) is 2.71. The Morgan fingerprint density at radius 2 is 2.00 bits per heavy atom. The molecule has 1 atom stereocenters. The van der Waals surface area contributed by atoms with Gasteiger partial charge in [-0.05, 0) is 19.4 Å². The first-order valence-corrected chi connectivity index (χ1v) is 5.79. The van der Waals surface area contributed by atoms with E-state index in [0.717, 1.165) is 11.1 Å². The first-order chi connectivity index (χ1) is 8.59. The Hall–Kier alpha value is -2.10. The molecule has 0 aliphatic carbocycles. The monoisotopic (exact) mass is 245 g/mol. The highest BCUT2D eigenvalue weighted by molar-refractivity contribution is 6.00. The maximum Gasteiger partial charge on any atom is 0.417 e. The first-order valence-electron chi connectivity index (χ1n) is 5.79. The summed E-state index contributed by atoms with van der Waals surface area (Å²) in [6.45, 7) is 3.85. The van der Waals surface area contributed by atoms with Crippen molar-refractivity contribution in [3.05, 3.63) is 47.5 Å². The Kier molecular flexibility index (Phi) is 3.46. The van der Waals surface area contributed by atoms with Crippen molar-refractivity contribution in [3.63, 3.8) is 0 Å². The predicted octanol–water partition coefficient (Wildman–Crippen LogP) is 2.67. The van der Waals surface area contributed by atoms with Crippen LogP contribution in [0.5, 0.6) is 0 Å². The van der Waals surface area contributed by atoms with Gasteiger partial charge in [-0.1, -0.05) is 35.9 Å². The summed E-state index contributed by atoms with van der Waals surface area (Å²) in [7, 11) is 0. The molecule has 1 saturated heterocycles. The normalized spacial score (nSPS) is 18.4. The van der Waals surface area contributed by atoms with Crippen LogP contribution >= 0.6 is 0 Å². The van der Waals surface area contributed by atoms with Crippen LogP contribution in [-0.4, -0.2) is 23.5 Å². The predicted molar refractivity (Wildman–Crippen MR) is 66.8 cm³/mol. The van der Waals surface area contributed by atoms with Crippen LogP contribution in [-0.2, 0) is 9.53 Å². The van der Waals surface area contributed by atoms with Gasteiger partial charge in [0, 0.05) is 6.08 Å². The zero-order valence-corrected chi connectivity index (χ0v) is 10.4. The molecule has 1 fully saturated rings. The molecule has 0 unspecified atom stereocenters. The molecule has 1 aromatic rings. The first kappa shape index (κ1) is 12.4. The summed E-state index contributed by atoms with van der Waals surface area (Å²) in [6.07, 6.45) is 0.869. The highest BCUT2D eigenvalue weighted by Gasteiger charge is 2.37. The fraction of sp³-hybridized carbons (Fsp3) is 0.286. The van der Waals surface area contributed by atoms with Gasteiger partial charge < -0.3 is 4.74 Å². The van der Waals surface area contributed by atoms with E-state index in [1.165, 1.54) is 11.0 Å². The molecule has 94 valence electrons. The number of hydrogen-bond acceptors (Lipinski definition) is 3. The molecule has 2 rings (SSSR count). The second-order valence-electron chi connectivity index (χ2n) is 4.43. The summed E-state index contributed by atoms with van der Waals surface area (Å²) in [5.74, 6) is -0.327. The number of rotatable bonds is 2. The van der Waals surface area contributed by atoms with Gasteiger partial charge in [-0.25, -0.2) is 9.69 Å². The summed E-state index contributed by atoms with van der Waals surface area (Å²) in [5, 5.41) is 0. The van der Waals surface area contributed by atoms with E-state index in [2.05, 4.69) is 0 Å². The van der Waals surface area contributed by atoms with Crippen molar-refractivity contribution in [2.45, 2.75) is 19.9 Å². The molecule has 1 aromatic carbocycles. The zero-order valence-electron chi connectivity index (χ0n) is 10.4. The molecule has 1 heterocycles. The Morgan fingerprint density at radius 3 is 2.61 bits per heavy atom. The van der Waals surface area contributed by atoms with Gasteiger partial charge in [-0.3, -0.25) is 4.79 Å². The zero-order chi connectivity index (χ0) is 13.1. The lowest BCUT2D eigenvalue weighted by atomic mass is 10.1. The quantitative estimate of drug-likeness (QED) is 0.752. The molecule has 0 bridgehead atoms. The van der Waals surface area contributed by atoms with Crippen LogP contribution in [0.15, 0.2) is 42.0 Å². The minimum Gasteiger partial charge on any atom is -0.446 e. The Morgan fingerprint density at radius 1 is 1.33 bits per heavy atom. The van der Waals surface area contributed by atoms with E-state index in [4.69, 9.17) is 4.74 Å². The Labute approximate surface area is 106 Å². The van der Waals surface area contributed by atoms with Crippen molar-refractivity contribution in [1.29, 1.82) is 0 Å². The van der Waals surface area contributed by atoms with Gasteiger partial charge >= 0.3 is 6.09 Å². The lowest BCUT2D eigenvalue weighted by Gasteiger charge is -2.18. The molecule has 1 aliphatic rings. The number of hydrogen-bond donors (Lipinski definition) is 0. The summed E-state index contributed by atoms with van der Waals surface area (Å²) in [4.78, 5) is 24.8. The number of ether oxygens (including phenoxy) is 1. The van der Waals surface area contributed by atoms with Crippen molar-refractivity contribution >= 4 is 12.0 Å². The van der Waals surface area contributed by atoms with Gasteiger partial charge in [-0.2, -0.15) is 0 Å². The van der Waals surface area contributed by atoms with Crippen LogP contribution in [0.2, 0.25) is 0 Å². The van der Waals surface area contributed by atoms with E-state index in [1.54, 1.807) is 0 Å². The van der Waals surface area contributed by atoms with Crippen LogP contribution in [0.25, 0.3) is 0 Å². The fourth-order valence-corrected chi connectivity index (χ4v) is 1.90. The molecule has 0 radical (unpaired) electrons. The molecule has 2 amide bonds. The molecule has 4 heteroatoms. The van der Waals surface area contributed by atoms with Crippen molar-refractivity contribution in [2.75, 3.05) is 6.61 Å². The Balaban J connectivity index is 2.29. The van der Waals surface area contributed by atoms with Crippen LogP contribution in [0.3, 0.4) is 0 Å². The van der Waals surface area contributed by atoms with Gasteiger partial charge in [-0.15, -0.1) is 0 Å². The van der Waals surface area contributed by atoms with Crippen LogP contribution < -0.4 is 0 Å². The fourth-order valence-electron chi connectivity index (χ4n) is 1.90. The second kappa shape index (κ2) is 5.04. The number of nitrogens with zero attached hydrogens (tertiary/aromatic N) is 1. The molecular formula is C14H15NO3. The summed E-state index contributed by atoms with van der Waals surface area (Å²) >= 11 is 0. The Bertz CT molecular complexity index is 489. The third kappa shape index (κ3) is 2.42. The minimum absolute atomic E-state index is 0.213. The number of amides is 2. The number of benzene rings is 1. The maximum atomic E-state index is 12.0. The highest BCUT2D eigenvalue weighted by atomic mass is 16.6. The van der Waals surface area contributed by atoms with E-state index in [-0.39, 0.29) is 18.6 Å². The van der Waals surface area contributed by atoms with Crippen LogP contribution in [0.1, 0.15) is 25.5 Å². The number of imide groups is 1. The van der Waals surface area contributed by atoms with Gasteiger partial charge in [0.05, 0.1) is 0 Å². The average molecular weight is 245 g/mol. The van der Waals surface area contributed by atoms with Crippen molar-refractivity contribution < 1.29 is 14.3 Å². The summed E-state index contributed by atoms with van der Waals surface area (Å²) < 4.78 is 4.97.